The van der Waals surface area contributed by atoms with E-state index in [0.29, 0.717) is 19.0 Å². The van der Waals surface area contributed by atoms with Crippen molar-refractivity contribution in [1.29, 1.82) is 0 Å². The summed E-state index contributed by atoms with van der Waals surface area (Å²) in [4.78, 5) is 7.51. The molecule has 2 aromatic heterocycles. The van der Waals surface area contributed by atoms with Crippen molar-refractivity contribution >= 4 is 24.3 Å². The number of benzene rings is 1. The van der Waals surface area contributed by atoms with Crippen LogP contribution in [0.15, 0.2) is 54.9 Å². The molecule has 25 heavy (non-hydrogen) atoms. The third kappa shape index (κ3) is 3.76. The second kappa shape index (κ2) is 7.83. The summed E-state index contributed by atoms with van der Waals surface area (Å²) in [5.41, 5.74) is 1.79. The van der Waals surface area contributed by atoms with Gasteiger partial charge < -0.3 is 19.3 Å². The standard InChI is InChI=1S/C18H22N3O3P/c1-3-23-25(22,24-4-2)18(21-17-11-7-8-12-19-17)15-13-20-16-10-6-5-9-14(15)16/h5-13,18,20H,3-4H2,1-2H3,(H,19,21). The molecule has 2 heterocycles. The van der Waals surface area contributed by atoms with E-state index in [1.54, 1.807) is 20.0 Å². The lowest BCUT2D eigenvalue weighted by molar-refractivity contribution is 0.214. The number of hydrogen-bond acceptors (Lipinski definition) is 5. The van der Waals surface area contributed by atoms with Gasteiger partial charge in [-0.3, -0.25) is 4.57 Å². The van der Waals surface area contributed by atoms with Crippen molar-refractivity contribution in [2.75, 3.05) is 18.5 Å². The molecule has 7 heteroatoms. The summed E-state index contributed by atoms with van der Waals surface area (Å²) in [6, 6.07) is 13.4. The molecule has 0 aliphatic carbocycles. The predicted molar refractivity (Wildman–Crippen MR) is 99.8 cm³/mol. The summed E-state index contributed by atoms with van der Waals surface area (Å²) in [6.07, 6.45) is 3.52. The fourth-order valence-corrected chi connectivity index (χ4v) is 4.72. The lowest BCUT2D eigenvalue weighted by Crippen LogP contribution is -2.15. The third-order valence-corrected chi connectivity index (χ3v) is 6.08. The Kier molecular flexibility index (Phi) is 5.53. The maximum Gasteiger partial charge on any atom is 0.357 e. The highest BCUT2D eigenvalue weighted by atomic mass is 31.2. The summed E-state index contributed by atoms with van der Waals surface area (Å²) in [5, 5.41) is 4.21. The molecule has 3 rings (SSSR count). The van der Waals surface area contributed by atoms with Crippen molar-refractivity contribution in [1.82, 2.24) is 9.97 Å². The van der Waals surface area contributed by atoms with Crippen molar-refractivity contribution in [3.8, 4) is 0 Å². The van der Waals surface area contributed by atoms with Crippen LogP contribution in [0.1, 0.15) is 25.2 Å². The number of para-hydroxylation sites is 1. The fraction of sp³-hybridized carbons (Fsp3) is 0.278. The Morgan fingerprint density at radius 1 is 1.12 bits per heavy atom. The molecule has 0 fully saturated rings. The monoisotopic (exact) mass is 359 g/mol. The molecule has 2 N–H and O–H groups in total. The number of aromatic amines is 1. The first-order valence-corrected chi connectivity index (χ1v) is 9.91. The van der Waals surface area contributed by atoms with Crippen LogP contribution in [-0.4, -0.2) is 23.2 Å². The van der Waals surface area contributed by atoms with Crippen molar-refractivity contribution in [2.45, 2.75) is 19.6 Å². The zero-order valence-electron chi connectivity index (χ0n) is 14.3. The highest BCUT2D eigenvalue weighted by Crippen LogP contribution is 2.61. The lowest BCUT2D eigenvalue weighted by atomic mass is 10.2. The van der Waals surface area contributed by atoms with Crippen LogP contribution in [0.4, 0.5) is 5.82 Å². The first-order chi connectivity index (χ1) is 12.2. The number of H-pyrrole nitrogens is 1. The van der Waals surface area contributed by atoms with Crippen molar-refractivity contribution < 1.29 is 13.6 Å². The quantitative estimate of drug-likeness (QED) is 0.557. The van der Waals surface area contributed by atoms with Gasteiger partial charge in [0, 0.05) is 28.9 Å². The molecular weight excluding hydrogens is 337 g/mol. The van der Waals surface area contributed by atoms with Gasteiger partial charge >= 0.3 is 7.60 Å². The zero-order valence-corrected chi connectivity index (χ0v) is 15.2. The molecule has 0 saturated heterocycles. The Hall–Kier alpha value is -2.14. The molecule has 3 aromatic rings. The number of pyridine rings is 1. The number of nitrogens with one attached hydrogen (secondary N) is 2. The van der Waals surface area contributed by atoms with E-state index in [2.05, 4.69) is 15.3 Å². The molecule has 6 nitrogen and oxygen atoms in total. The Labute approximate surface area is 147 Å². The summed E-state index contributed by atoms with van der Waals surface area (Å²) < 4.78 is 24.7. The van der Waals surface area contributed by atoms with Gasteiger partial charge in [0.05, 0.1) is 13.2 Å². The Morgan fingerprint density at radius 2 is 1.84 bits per heavy atom. The topological polar surface area (TPSA) is 76.2 Å². The largest absolute Gasteiger partial charge is 0.361 e. The van der Waals surface area contributed by atoms with Crippen LogP contribution in [0.2, 0.25) is 0 Å². The van der Waals surface area contributed by atoms with Gasteiger partial charge in [-0.05, 0) is 32.0 Å². The second-order valence-electron chi connectivity index (χ2n) is 5.43. The maximum atomic E-state index is 13.5. The van der Waals surface area contributed by atoms with Crippen LogP contribution >= 0.6 is 7.60 Å². The second-order valence-corrected chi connectivity index (χ2v) is 7.54. The molecule has 0 amide bonds. The van der Waals surface area contributed by atoms with Gasteiger partial charge in [-0.2, -0.15) is 0 Å². The third-order valence-electron chi connectivity index (χ3n) is 3.80. The SMILES string of the molecule is CCOP(=O)(OCC)C(Nc1ccccn1)c1c[nH]c2ccccc12. The molecule has 0 aliphatic rings. The maximum absolute atomic E-state index is 13.5. The molecule has 1 unspecified atom stereocenters. The Morgan fingerprint density at radius 3 is 2.52 bits per heavy atom. The number of hydrogen-bond donors (Lipinski definition) is 2. The van der Waals surface area contributed by atoms with Gasteiger partial charge in [0.2, 0.25) is 0 Å². The molecular formula is C18H22N3O3P. The van der Waals surface area contributed by atoms with E-state index in [1.165, 1.54) is 0 Å². The molecule has 0 saturated carbocycles. The molecule has 0 aliphatic heterocycles. The number of fused-ring (bicyclic) bond motifs is 1. The van der Waals surface area contributed by atoms with Crippen LogP contribution in [0, 0.1) is 0 Å². The van der Waals surface area contributed by atoms with Crippen LogP contribution < -0.4 is 5.32 Å². The van der Waals surface area contributed by atoms with E-state index in [9.17, 15) is 4.57 Å². The predicted octanol–water partition coefficient (Wildman–Crippen LogP) is 4.94. The molecule has 0 spiro atoms. The van der Waals surface area contributed by atoms with Crippen LogP contribution in [-0.2, 0) is 13.6 Å². The van der Waals surface area contributed by atoms with Gasteiger partial charge in [-0.25, -0.2) is 4.98 Å². The lowest BCUT2D eigenvalue weighted by Gasteiger charge is -2.27. The van der Waals surface area contributed by atoms with Gasteiger partial charge in [0.1, 0.15) is 5.82 Å². The first-order valence-electron chi connectivity index (χ1n) is 8.30. The number of rotatable bonds is 8. The molecule has 0 bridgehead atoms. The minimum atomic E-state index is -3.46. The minimum absolute atomic E-state index is 0.292. The van der Waals surface area contributed by atoms with Crippen LogP contribution in [0.5, 0.6) is 0 Å². The molecule has 1 aromatic carbocycles. The number of anilines is 1. The zero-order chi connectivity index (χ0) is 17.7. The average molecular weight is 359 g/mol. The van der Waals surface area contributed by atoms with Gasteiger partial charge in [0.25, 0.3) is 0 Å². The average Bonchev–Trinajstić information content (AvgIpc) is 3.05. The summed E-state index contributed by atoms with van der Waals surface area (Å²) in [7, 11) is -3.46. The van der Waals surface area contributed by atoms with E-state index >= 15 is 0 Å². The Balaban J connectivity index is 2.09. The summed E-state index contributed by atoms with van der Waals surface area (Å²) in [5.74, 6) is -0.0594. The van der Waals surface area contributed by atoms with E-state index in [-0.39, 0.29) is 0 Å². The minimum Gasteiger partial charge on any atom is -0.361 e. The smallest absolute Gasteiger partial charge is 0.357 e. The fourth-order valence-electron chi connectivity index (χ4n) is 2.78. The van der Waals surface area contributed by atoms with Gasteiger partial charge in [-0.1, -0.05) is 24.3 Å². The van der Waals surface area contributed by atoms with E-state index in [4.69, 9.17) is 9.05 Å². The van der Waals surface area contributed by atoms with Crippen molar-refractivity contribution in [3.05, 3.63) is 60.4 Å². The normalized spacial score (nSPS) is 13.0. The van der Waals surface area contributed by atoms with Crippen molar-refractivity contribution in [3.63, 3.8) is 0 Å². The highest BCUT2D eigenvalue weighted by Gasteiger charge is 2.38. The van der Waals surface area contributed by atoms with Gasteiger partial charge in [0.15, 0.2) is 5.78 Å². The highest BCUT2D eigenvalue weighted by molar-refractivity contribution is 7.54. The van der Waals surface area contributed by atoms with E-state index < -0.39 is 13.4 Å². The van der Waals surface area contributed by atoms with E-state index in [0.717, 1.165) is 16.5 Å². The molecule has 1 atom stereocenters. The summed E-state index contributed by atoms with van der Waals surface area (Å²) >= 11 is 0. The van der Waals surface area contributed by atoms with E-state index in [1.807, 2.05) is 48.7 Å². The van der Waals surface area contributed by atoms with Crippen LogP contribution in [0.3, 0.4) is 0 Å². The first kappa shape index (κ1) is 17.7. The molecule has 0 radical (unpaired) electrons. The summed E-state index contributed by atoms with van der Waals surface area (Å²) in [6.45, 7) is 4.19. The van der Waals surface area contributed by atoms with Gasteiger partial charge in [-0.15, -0.1) is 0 Å². The van der Waals surface area contributed by atoms with Crippen LogP contribution in [0.25, 0.3) is 10.9 Å². The number of nitrogens with zero attached hydrogens (tertiary/aromatic N) is 1. The Bertz CT molecular complexity index is 856. The van der Waals surface area contributed by atoms with Crippen molar-refractivity contribution in [2.24, 2.45) is 0 Å². The number of aromatic nitrogens is 2. The molecule has 132 valence electrons.